The monoisotopic (exact) mass is 272 g/mol. The fourth-order valence-electron chi connectivity index (χ4n) is 1.85. The van der Waals surface area contributed by atoms with Crippen LogP contribution in [0.25, 0.3) is 0 Å². The highest BCUT2D eigenvalue weighted by Gasteiger charge is 2.14. The number of hydrogen-bond donors (Lipinski definition) is 0. The first kappa shape index (κ1) is 11.2. The van der Waals surface area contributed by atoms with Gasteiger partial charge in [0, 0.05) is 5.92 Å². The van der Waals surface area contributed by atoms with Gasteiger partial charge in [-0.15, -0.1) is 0 Å². The SMILES string of the molecule is C=C(Br)C(c1ccccc1)c1ccccc1. The quantitative estimate of drug-likeness (QED) is 0.758. The van der Waals surface area contributed by atoms with Crippen LogP contribution in [0.15, 0.2) is 71.7 Å². The molecule has 0 bridgehead atoms. The molecule has 0 aliphatic heterocycles. The maximum atomic E-state index is 4.02. The molecule has 0 amide bonds. The molecule has 0 spiro atoms. The summed E-state index contributed by atoms with van der Waals surface area (Å²) in [5.41, 5.74) is 2.52. The van der Waals surface area contributed by atoms with Crippen LogP contribution in [0.2, 0.25) is 0 Å². The van der Waals surface area contributed by atoms with Crippen molar-refractivity contribution in [2.24, 2.45) is 0 Å². The number of halogens is 1. The Kier molecular flexibility index (Phi) is 3.58. The van der Waals surface area contributed by atoms with Crippen molar-refractivity contribution in [3.63, 3.8) is 0 Å². The van der Waals surface area contributed by atoms with Crippen LogP contribution in [0.4, 0.5) is 0 Å². The van der Waals surface area contributed by atoms with Crippen molar-refractivity contribution < 1.29 is 0 Å². The summed E-state index contributed by atoms with van der Waals surface area (Å²) < 4.78 is 0.991. The molecule has 0 aliphatic rings. The predicted molar refractivity (Wildman–Crippen MR) is 72.8 cm³/mol. The lowest BCUT2D eigenvalue weighted by Crippen LogP contribution is -1.99. The van der Waals surface area contributed by atoms with E-state index in [2.05, 4.69) is 71.0 Å². The van der Waals surface area contributed by atoms with Crippen LogP contribution >= 0.6 is 15.9 Å². The zero-order valence-electron chi connectivity index (χ0n) is 8.94. The molecule has 0 radical (unpaired) electrons. The lowest BCUT2D eigenvalue weighted by atomic mass is 9.91. The Balaban J connectivity index is 2.44. The summed E-state index contributed by atoms with van der Waals surface area (Å²) >= 11 is 3.52. The lowest BCUT2D eigenvalue weighted by molar-refractivity contribution is 1.02. The van der Waals surface area contributed by atoms with E-state index >= 15 is 0 Å². The molecule has 0 atom stereocenters. The molecule has 0 aromatic heterocycles. The van der Waals surface area contributed by atoms with Crippen LogP contribution in [0.1, 0.15) is 17.0 Å². The van der Waals surface area contributed by atoms with Gasteiger partial charge >= 0.3 is 0 Å². The second kappa shape index (κ2) is 5.13. The zero-order chi connectivity index (χ0) is 11.4. The van der Waals surface area contributed by atoms with Gasteiger partial charge in [0.15, 0.2) is 0 Å². The second-order valence-corrected chi connectivity index (χ2v) is 4.72. The highest BCUT2D eigenvalue weighted by Crippen LogP contribution is 2.33. The molecule has 2 aromatic carbocycles. The number of benzene rings is 2. The van der Waals surface area contributed by atoms with Crippen LogP contribution in [-0.4, -0.2) is 0 Å². The van der Waals surface area contributed by atoms with Crippen molar-refractivity contribution in [2.45, 2.75) is 5.92 Å². The number of allylic oxidation sites excluding steroid dienone is 1. The molecule has 0 aliphatic carbocycles. The van der Waals surface area contributed by atoms with Crippen molar-refractivity contribution in [3.05, 3.63) is 82.9 Å². The van der Waals surface area contributed by atoms with Gasteiger partial charge in [-0.05, 0) is 15.6 Å². The fraction of sp³-hybridized carbons (Fsp3) is 0.0667. The van der Waals surface area contributed by atoms with Gasteiger partial charge in [0.2, 0.25) is 0 Å². The van der Waals surface area contributed by atoms with E-state index in [1.807, 2.05) is 12.1 Å². The highest BCUT2D eigenvalue weighted by molar-refractivity contribution is 9.11. The Morgan fingerprint density at radius 1 is 0.812 bits per heavy atom. The summed E-state index contributed by atoms with van der Waals surface area (Å²) in [6.45, 7) is 4.02. The Hall–Kier alpha value is -1.34. The van der Waals surface area contributed by atoms with Crippen molar-refractivity contribution >= 4 is 15.9 Å². The molecule has 2 rings (SSSR count). The lowest BCUT2D eigenvalue weighted by Gasteiger charge is -2.16. The van der Waals surface area contributed by atoms with Crippen LogP contribution in [0.5, 0.6) is 0 Å². The first-order valence-corrected chi connectivity index (χ1v) is 6.02. The summed E-state index contributed by atoms with van der Waals surface area (Å²) in [5.74, 6) is 0.224. The molecule has 0 unspecified atom stereocenters. The molecule has 2 aromatic rings. The Bertz CT molecular complexity index is 420. The highest BCUT2D eigenvalue weighted by atomic mass is 79.9. The van der Waals surface area contributed by atoms with E-state index in [-0.39, 0.29) is 5.92 Å². The van der Waals surface area contributed by atoms with Crippen molar-refractivity contribution in [1.29, 1.82) is 0 Å². The summed E-state index contributed by atoms with van der Waals surface area (Å²) in [6.07, 6.45) is 0. The average molecular weight is 273 g/mol. The molecule has 0 saturated carbocycles. The van der Waals surface area contributed by atoms with Crippen LogP contribution in [0, 0.1) is 0 Å². The summed E-state index contributed by atoms with van der Waals surface area (Å²) in [5, 5.41) is 0. The van der Waals surface area contributed by atoms with Crippen LogP contribution in [0.3, 0.4) is 0 Å². The van der Waals surface area contributed by atoms with Gasteiger partial charge in [-0.25, -0.2) is 0 Å². The van der Waals surface area contributed by atoms with Crippen molar-refractivity contribution in [1.82, 2.24) is 0 Å². The Labute approximate surface area is 105 Å². The summed E-state index contributed by atoms with van der Waals surface area (Å²) in [4.78, 5) is 0. The summed E-state index contributed by atoms with van der Waals surface area (Å²) in [7, 11) is 0. The Morgan fingerprint density at radius 3 is 1.50 bits per heavy atom. The number of hydrogen-bond acceptors (Lipinski definition) is 0. The van der Waals surface area contributed by atoms with Crippen LogP contribution < -0.4 is 0 Å². The van der Waals surface area contributed by atoms with Gasteiger partial charge in [0.1, 0.15) is 0 Å². The second-order valence-electron chi connectivity index (χ2n) is 3.70. The predicted octanol–water partition coefficient (Wildman–Crippen LogP) is 4.73. The van der Waals surface area contributed by atoms with Crippen molar-refractivity contribution in [3.8, 4) is 0 Å². The van der Waals surface area contributed by atoms with Gasteiger partial charge in [-0.1, -0.05) is 83.2 Å². The van der Waals surface area contributed by atoms with E-state index in [0.29, 0.717) is 0 Å². The first-order chi connectivity index (χ1) is 7.79. The zero-order valence-corrected chi connectivity index (χ0v) is 10.5. The molecular formula is C15H13Br. The minimum absolute atomic E-state index is 0.224. The third kappa shape index (κ3) is 2.42. The van der Waals surface area contributed by atoms with Crippen molar-refractivity contribution in [2.75, 3.05) is 0 Å². The van der Waals surface area contributed by atoms with E-state index in [1.165, 1.54) is 11.1 Å². The molecule has 1 heteroatoms. The number of rotatable bonds is 3. The molecule has 0 heterocycles. The largest absolute Gasteiger partial charge is 0.0879 e. The van der Waals surface area contributed by atoms with Gasteiger partial charge in [0.05, 0.1) is 0 Å². The standard InChI is InChI=1S/C15H13Br/c1-12(16)15(13-8-4-2-5-9-13)14-10-6-3-7-11-14/h2-11,15H,1H2. The summed E-state index contributed by atoms with van der Waals surface area (Å²) in [6, 6.07) is 20.8. The molecule has 0 fully saturated rings. The molecular weight excluding hydrogens is 260 g/mol. The van der Waals surface area contributed by atoms with E-state index in [4.69, 9.17) is 0 Å². The third-order valence-electron chi connectivity index (χ3n) is 2.58. The van der Waals surface area contributed by atoms with Gasteiger partial charge in [-0.2, -0.15) is 0 Å². The maximum Gasteiger partial charge on any atom is 0.0400 e. The molecule has 16 heavy (non-hydrogen) atoms. The minimum atomic E-state index is 0.224. The third-order valence-corrected chi connectivity index (χ3v) is 3.04. The average Bonchev–Trinajstić information content (AvgIpc) is 2.31. The van der Waals surface area contributed by atoms with Crippen LogP contribution in [-0.2, 0) is 0 Å². The van der Waals surface area contributed by atoms with Gasteiger partial charge < -0.3 is 0 Å². The smallest absolute Gasteiger partial charge is 0.0400 e. The minimum Gasteiger partial charge on any atom is -0.0879 e. The molecule has 80 valence electrons. The van der Waals surface area contributed by atoms with E-state index in [1.54, 1.807) is 0 Å². The van der Waals surface area contributed by atoms with Gasteiger partial charge in [-0.3, -0.25) is 0 Å². The Morgan fingerprint density at radius 2 is 1.19 bits per heavy atom. The maximum absolute atomic E-state index is 4.02. The normalized spacial score (nSPS) is 10.4. The van der Waals surface area contributed by atoms with E-state index in [0.717, 1.165) is 4.48 Å². The fourth-order valence-corrected chi connectivity index (χ4v) is 2.37. The molecule has 0 nitrogen and oxygen atoms in total. The molecule has 0 saturated heterocycles. The van der Waals surface area contributed by atoms with E-state index < -0.39 is 0 Å². The van der Waals surface area contributed by atoms with E-state index in [9.17, 15) is 0 Å². The van der Waals surface area contributed by atoms with Gasteiger partial charge in [0.25, 0.3) is 0 Å². The first-order valence-electron chi connectivity index (χ1n) is 5.23. The topological polar surface area (TPSA) is 0 Å². The molecule has 0 N–H and O–H groups in total.